The lowest BCUT2D eigenvalue weighted by atomic mass is 9.73. The number of rotatable bonds is 1. The summed E-state index contributed by atoms with van der Waals surface area (Å²) >= 11 is 0. The van der Waals surface area contributed by atoms with Crippen molar-refractivity contribution in [2.24, 2.45) is 5.41 Å². The number of anilines is 1. The van der Waals surface area contributed by atoms with E-state index in [4.69, 9.17) is 0 Å². The van der Waals surface area contributed by atoms with Crippen LogP contribution in [0.2, 0.25) is 0 Å². The zero-order chi connectivity index (χ0) is 17.8. The Morgan fingerprint density at radius 1 is 1.12 bits per heavy atom. The lowest BCUT2D eigenvalue weighted by Crippen LogP contribution is -2.68. The third kappa shape index (κ3) is 2.06. The molecule has 0 aliphatic carbocycles. The summed E-state index contributed by atoms with van der Waals surface area (Å²) in [6.07, 6.45) is 0.294. The molecule has 6 nitrogen and oxygen atoms in total. The van der Waals surface area contributed by atoms with Crippen LogP contribution in [0.25, 0.3) is 10.8 Å². The zero-order valence-corrected chi connectivity index (χ0v) is 14.2. The Bertz CT molecular complexity index is 923. The summed E-state index contributed by atoms with van der Waals surface area (Å²) in [5, 5.41) is 4.47. The van der Waals surface area contributed by atoms with Crippen LogP contribution in [0.5, 0.6) is 0 Å². The van der Waals surface area contributed by atoms with Crippen LogP contribution in [0.3, 0.4) is 0 Å². The highest BCUT2D eigenvalue weighted by atomic mass is 16.2. The number of hydrogen-bond acceptors (Lipinski definition) is 4. The molecule has 1 spiro atoms. The van der Waals surface area contributed by atoms with Crippen LogP contribution >= 0.6 is 0 Å². The SMILES string of the molecule is CCN1C(=O)NC(=O)C2(Cc3c(ccc4ccccc34)N(C)C2)C1=O. The van der Waals surface area contributed by atoms with Gasteiger partial charge in [-0.05, 0) is 29.3 Å². The number of benzene rings is 2. The lowest BCUT2D eigenvalue weighted by molar-refractivity contribution is -0.150. The Hall–Kier alpha value is -2.89. The number of amides is 4. The number of hydrogen-bond donors (Lipinski definition) is 1. The highest BCUT2D eigenvalue weighted by Gasteiger charge is 2.56. The van der Waals surface area contributed by atoms with Gasteiger partial charge >= 0.3 is 6.03 Å². The Morgan fingerprint density at radius 2 is 1.88 bits per heavy atom. The molecule has 4 amide bonds. The van der Waals surface area contributed by atoms with E-state index in [0.717, 1.165) is 26.9 Å². The summed E-state index contributed by atoms with van der Waals surface area (Å²) in [5.41, 5.74) is 0.723. The summed E-state index contributed by atoms with van der Waals surface area (Å²) < 4.78 is 0. The summed E-state index contributed by atoms with van der Waals surface area (Å²) in [5.74, 6) is -0.910. The summed E-state index contributed by atoms with van der Waals surface area (Å²) in [7, 11) is 1.88. The fourth-order valence-corrected chi connectivity index (χ4v) is 4.03. The molecule has 1 saturated heterocycles. The van der Waals surface area contributed by atoms with Gasteiger partial charge in [0.25, 0.3) is 0 Å². The predicted octanol–water partition coefficient (Wildman–Crippen LogP) is 1.92. The van der Waals surface area contributed by atoms with Crippen LogP contribution in [0.15, 0.2) is 36.4 Å². The first-order valence-electron chi connectivity index (χ1n) is 8.37. The number of nitrogens with zero attached hydrogens (tertiary/aromatic N) is 2. The average Bonchev–Trinajstić information content (AvgIpc) is 2.60. The van der Waals surface area contributed by atoms with Gasteiger partial charge in [0, 0.05) is 32.2 Å². The number of carbonyl (C=O) groups excluding carboxylic acids is 3. The maximum atomic E-state index is 13.1. The number of nitrogens with one attached hydrogen (secondary N) is 1. The first kappa shape index (κ1) is 15.6. The van der Waals surface area contributed by atoms with Crippen LogP contribution in [0, 0.1) is 5.41 Å². The number of barbiturate groups is 1. The minimum Gasteiger partial charge on any atom is -0.373 e. The van der Waals surface area contributed by atoms with Crippen molar-refractivity contribution in [1.82, 2.24) is 10.2 Å². The lowest BCUT2D eigenvalue weighted by Gasteiger charge is -2.45. The van der Waals surface area contributed by atoms with Gasteiger partial charge in [-0.3, -0.25) is 19.8 Å². The molecule has 25 heavy (non-hydrogen) atoms. The van der Waals surface area contributed by atoms with Gasteiger partial charge in [-0.15, -0.1) is 0 Å². The van der Waals surface area contributed by atoms with Crippen LogP contribution in [-0.2, 0) is 16.0 Å². The van der Waals surface area contributed by atoms with E-state index in [-0.39, 0.29) is 13.1 Å². The maximum Gasteiger partial charge on any atom is 0.330 e. The van der Waals surface area contributed by atoms with E-state index in [0.29, 0.717) is 6.42 Å². The number of urea groups is 1. The first-order chi connectivity index (χ1) is 12.0. The van der Waals surface area contributed by atoms with E-state index >= 15 is 0 Å². The molecule has 128 valence electrons. The number of carbonyl (C=O) groups is 3. The molecule has 1 N–H and O–H groups in total. The molecule has 4 rings (SSSR count). The van der Waals surface area contributed by atoms with Gasteiger partial charge in [-0.25, -0.2) is 4.79 Å². The average molecular weight is 337 g/mol. The van der Waals surface area contributed by atoms with Gasteiger partial charge in [0.2, 0.25) is 11.8 Å². The van der Waals surface area contributed by atoms with Crippen LogP contribution in [-0.4, -0.2) is 42.9 Å². The second kappa shape index (κ2) is 5.31. The van der Waals surface area contributed by atoms with E-state index in [9.17, 15) is 14.4 Å². The van der Waals surface area contributed by atoms with Gasteiger partial charge in [0.15, 0.2) is 0 Å². The normalized spacial score (nSPS) is 23.2. The van der Waals surface area contributed by atoms with Crippen LogP contribution < -0.4 is 10.2 Å². The first-order valence-corrected chi connectivity index (χ1v) is 8.37. The van der Waals surface area contributed by atoms with Crippen molar-refractivity contribution in [1.29, 1.82) is 0 Å². The van der Waals surface area contributed by atoms with Crippen molar-refractivity contribution < 1.29 is 14.4 Å². The molecule has 0 saturated carbocycles. The molecule has 2 aliphatic rings. The number of imide groups is 2. The molecular weight excluding hydrogens is 318 g/mol. The highest BCUT2D eigenvalue weighted by molar-refractivity contribution is 6.20. The quantitative estimate of drug-likeness (QED) is 0.807. The van der Waals surface area contributed by atoms with Crippen LogP contribution in [0.1, 0.15) is 12.5 Å². The molecule has 1 atom stereocenters. The summed E-state index contributed by atoms with van der Waals surface area (Å²) in [4.78, 5) is 40.8. The molecule has 2 aromatic rings. The monoisotopic (exact) mass is 337 g/mol. The van der Waals surface area contributed by atoms with Crippen molar-refractivity contribution in [3.8, 4) is 0 Å². The number of fused-ring (bicyclic) bond motifs is 3. The van der Waals surface area contributed by atoms with Crippen molar-refractivity contribution in [2.45, 2.75) is 13.3 Å². The standard InChI is InChI=1S/C19H19N3O3/c1-3-22-17(24)19(16(23)20-18(22)25)10-14-13-7-5-4-6-12(13)8-9-15(14)21(2)11-19/h4-9H,3,10-11H2,1-2H3,(H,20,23,25). The molecule has 6 heteroatoms. The third-order valence-electron chi connectivity index (χ3n) is 5.28. The molecule has 0 radical (unpaired) electrons. The van der Waals surface area contributed by atoms with Gasteiger partial charge in [0.1, 0.15) is 5.41 Å². The van der Waals surface area contributed by atoms with Gasteiger partial charge in [-0.1, -0.05) is 30.3 Å². The van der Waals surface area contributed by atoms with Crippen LogP contribution in [0.4, 0.5) is 10.5 Å². The van der Waals surface area contributed by atoms with Gasteiger partial charge < -0.3 is 4.90 Å². The molecule has 0 aromatic heterocycles. The topological polar surface area (TPSA) is 69.7 Å². The van der Waals surface area contributed by atoms with E-state index < -0.39 is 23.3 Å². The zero-order valence-electron chi connectivity index (χ0n) is 14.2. The van der Waals surface area contributed by atoms with Gasteiger partial charge in [-0.2, -0.15) is 0 Å². The van der Waals surface area contributed by atoms with Crippen molar-refractivity contribution in [3.63, 3.8) is 0 Å². The molecule has 2 aliphatic heterocycles. The molecular formula is C19H19N3O3. The fraction of sp³-hybridized carbons (Fsp3) is 0.316. The molecule has 2 heterocycles. The smallest absolute Gasteiger partial charge is 0.330 e. The molecule has 1 fully saturated rings. The molecule has 1 unspecified atom stereocenters. The molecule has 2 aromatic carbocycles. The second-order valence-corrected chi connectivity index (χ2v) is 6.71. The largest absolute Gasteiger partial charge is 0.373 e. The van der Waals surface area contributed by atoms with Crippen molar-refractivity contribution >= 4 is 34.3 Å². The minimum absolute atomic E-state index is 0.242. The summed E-state index contributed by atoms with van der Waals surface area (Å²) in [6.45, 7) is 2.23. The van der Waals surface area contributed by atoms with Gasteiger partial charge in [0.05, 0.1) is 0 Å². The highest BCUT2D eigenvalue weighted by Crippen LogP contribution is 2.42. The Kier molecular flexibility index (Phi) is 3.32. The fourth-order valence-electron chi connectivity index (χ4n) is 4.03. The third-order valence-corrected chi connectivity index (χ3v) is 5.28. The second-order valence-electron chi connectivity index (χ2n) is 6.71. The maximum absolute atomic E-state index is 13.1. The Balaban J connectivity index is 1.90. The van der Waals surface area contributed by atoms with E-state index in [2.05, 4.69) is 5.32 Å². The summed E-state index contributed by atoms with van der Waals surface area (Å²) in [6, 6.07) is 11.4. The van der Waals surface area contributed by atoms with Crippen molar-refractivity contribution in [3.05, 3.63) is 42.0 Å². The Labute approximate surface area is 145 Å². The Morgan fingerprint density at radius 3 is 2.64 bits per heavy atom. The van der Waals surface area contributed by atoms with E-state index in [1.54, 1.807) is 6.92 Å². The molecule has 0 bridgehead atoms. The van der Waals surface area contributed by atoms with E-state index in [1.165, 1.54) is 0 Å². The van der Waals surface area contributed by atoms with Crippen molar-refractivity contribution in [2.75, 3.05) is 25.0 Å². The van der Waals surface area contributed by atoms with E-state index in [1.807, 2.05) is 48.3 Å². The predicted molar refractivity (Wildman–Crippen MR) is 94.3 cm³/mol. The minimum atomic E-state index is -1.27.